The Bertz CT molecular complexity index is 63.2. The lowest BCUT2D eigenvalue weighted by Gasteiger charge is -1.93. The minimum absolute atomic E-state index is 0.742. The van der Waals surface area contributed by atoms with Crippen LogP contribution in [0.5, 0.6) is 0 Å². The largest absolute Gasteiger partial charge is 0.318 e. The van der Waals surface area contributed by atoms with Crippen molar-refractivity contribution in [2.24, 2.45) is 0 Å². The molecule has 4 heteroatoms. The van der Waals surface area contributed by atoms with E-state index in [0.717, 1.165) is 10.1 Å². The summed E-state index contributed by atoms with van der Waals surface area (Å²) in [5.74, 6) is 1.01. The summed E-state index contributed by atoms with van der Waals surface area (Å²) >= 11 is 10.0. The molecule has 1 nitrogen and oxygen atoms in total. The summed E-state index contributed by atoms with van der Waals surface area (Å²) in [5, 5.41) is 0. The van der Waals surface area contributed by atoms with Crippen LogP contribution in [0.3, 0.4) is 0 Å². The maximum absolute atomic E-state index is 4.73. The van der Waals surface area contributed by atoms with E-state index in [0.29, 0.717) is 0 Å². The lowest BCUT2D eigenvalue weighted by Crippen LogP contribution is -2.03. The summed E-state index contributed by atoms with van der Waals surface area (Å²) in [6.07, 6.45) is 0. The predicted octanol–water partition coefficient (Wildman–Crippen LogP) is 1.46. The zero-order valence-corrected chi connectivity index (χ0v) is 6.50. The number of thiol groups is 1. The molecule has 0 atom stereocenters. The maximum Gasteiger partial charge on any atom is 0.143 e. The molecule has 0 saturated heterocycles. The monoisotopic (exact) mass is 153 g/mol. The van der Waals surface area contributed by atoms with Crippen molar-refractivity contribution in [2.45, 2.75) is 6.92 Å². The second kappa shape index (κ2) is 4.74. The molecule has 0 fully saturated rings. The first kappa shape index (κ1) is 7.59. The average Bonchev–Trinajstić information content (AvgIpc) is 1.68. The van der Waals surface area contributed by atoms with Gasteiger partial charge in [-0.3, -0.25) is 0 Å². The summed E-state index contributed by atoms with van der Waals surface area (Å²) < 4.78 is 3.30. The fraction of sp³-hybridized carbons (Fsp3) is 0.667. The summed E-state index contributed by atoms with van der Waals surface area (Å²) in [5.41, 5.74) is 0. The number of rotatable bonds is 1. The Morgan fingerprint density at radius 3 is 2.71 bits per heavy atom. The molecule has 0 aliphatic rings. The summed E-state index contributed by atoms with van der Waals surface area (Å²) in [6.45, 7) is 2.04. The van der Waals surface area contributed by atoms with Crippen LogP contribution in [0.4, 0.5) is 0 Å². The quantitative estimate of drug-likeness (QED) is 0.437. The number of thioether (sulfide) groups is 1. The number of thiocarbonyl (C=S) groups is 1. The van der Waals surface area contributed by atoms with E-state index < -0.39 is 0 Å². The Labute approximate surface area is 58.8 Å². The van der Waals surface area contributed by atoms with Gasteiger partial charge in [0.15, 0.2) is 0 Å². The van der Waals surface area contributed by atoms with Gasteiger partial charge >= 0.3 is 0 Å². The first-order valence-electron chi connectivity index (χ1n) is 1.88. The number of hydrogen-bond donors (Lipinski definition) is 2. The highest BCUT2D eigenvalue weighted by Crippen LogP contribution is 1.99. The third kappa shape index (κ3) is 4.44. The topological polar surface area (TPSA) is 12.0 Å². The second-order valence-corrected chi connectivity index (χ2v) is 3.00. The fourth-order valence-electron chi connectivity index (χ4n) is 0.163. The van der Waals surface area contributed by atoms with E-state index in [1.54, 1.807) is 11.8 Å². The molecule has 0 saturated carbocycles. The molecular formula is C3H7NS3. The standard InChI is InChI=1S/C3H7NS3/c1-2-7-3(5)4-6/h6H,2H2,1H3,(H,4,5). The predicted molar refractivity (Wildman–Crippen MR) is 42.9 cm³/mol. The van der Waals surface area contributed by atoms with Crippen molar-refractivity contribution in [2.75, 3.05) is 5.75 Å². The van der Waals surface area contributed by atoms with E-state index in [1.165, 1.54) is 0 Å². The Balaban J connectivity index is 3.00. The van der Waals surface area contributed by atoms with Crippen LogP contribution in [0, 0.1) is 0 Å². The molecule has 0 aromatic rings. The Morgan fingerprint density at radius 2 is 2.57 bits per heavy atom. The number of hydrogen-bond acceptors (Lipinski definition) is 3. The molecule has 0 aromatic carbocycles. The second-order valence-electron chi connectivity index (χ2n) is 0.832. The van der Waals surface area contributed by atoms with Crippen LogP contribution in [-0.2, 0) is 0 Å². The van der Waals surface area contributed by atoms with Crippen LogP contribution in [0.2, 0.25) is 0 Å². The molecule has 0 radical (unpaired) electrons. The Kier molecular flexibility index (Phi) is 5.14. The third-order valence-corrected chi connectivity index (χ3v) is 2.00. The smallest absolute Gasteiger partial charge is 0.143 e. The Hall–Kier alpha value is 0.590. The SMILES string of the molecule is CCSC(=S)NS. The van der Waals surface area contributed by atoms with Crippen molar-refractivity contribution in [3.05, 3.63) is 0 Å². The highest BCUT2D eigenvalue weighted by molar-refractivity contribution is 8.23. The van der Waals surface area contributed by atoms with Crippen LogP contribution in [0.1, 0.15) is 6.92 Å². The zero-order valence-electron chi connectivity index (χ0n) is 3.97. The van der Waals surface area contributed by atoms with Crippen molar-refractivity contribution >= 4 is 41.1 Å². The first-order chi connectivity index (χ1) is 3.31. The molecule has 1 N–H and O–H groups in total. The van der Waals surface area contributed by atoms with E-state index in [4.69, 9.17) is 12.2 Å². The summed E-state index contributed by atoms with van der Waals surface area (Å²) in [6, 6.07) is 0. The van der Waals surface area contributed by atoms with Crippen LogP contribution in [0.15, 0.2) is 0 Å². The lowest BCUT2D eigenvalue weighted by molar-refractivity contribution is 1.53. The highest BCUT2D eigenvalue weighted by Gasteiger charge is 1.85. The molecule has 0 rings (SSSR count). The molecule has 0 bridgehead atoms. The van der Waals surface area contributed by atoms with Gasteiger partial charge in [-0.25, -0.2) is 0 Å². The maximum atomic E-state index is 4.73. The highest BCUT2D eigenvalue weighted by atomic mass is 32.2. The van der Waals surface area contributed by atoms with E-state index in [2.05, 4.69) is 17.5 Å². The first-order valence-corrected chi connectivity index (χ1v) is 3.72. The van der Waals surface area contributed by atoms with Gasteiger partial charge in [0.05, 0.1) is 0 Å². The molecule has 0 aliphatic carbocycles. The van der Waals surface area contributed by atoms with Gasteiger partial charge in [0.2, 0.25) is 0 Å². The van der Waals surface area contributed by atoms with Gasteiger partial charge in [-0.2, -0.15) is 0 Å². The molecule has 0 aliphatic heterocycles. The molecule has 0 unspecified atom stereocenters. The Morgan fingerprint density at radius 1 is 2.00 bits per heavy atom. The summed E-state index contributed by atoms with van der Waals surface area (Å²) in [4.78, 5) is 0. The van der Waals surface area contributed by atoms with Crippen molar-refractivity contribution in [3.63, 3.8) is 0 Å². The minimum Gasteiger partial charge on any atom is -0.318 e. The molecule has 0 heterocycles. The molecule has 0 spiro atoms. The van der Waals surface area contributed by atoms with Crippen molar-refractivity contribution in [1.29, 1.82) is 0 Å². The van der Waals surface area contributed by atoms with Gasteiger partial charge in [0.1, 0.15) is 4.32 Å². The van der Waals surface area contributed by atoms with Gasteiger partial charge in [0, 0.05) is 0 Å². The van der Waals surface area contributed by atoms with Gasteiger partial charge in [-0.15, -0.1) is 0 Å². The fourth-order valence-corrected chi connectivity index (χ4v) is 1.04. The van der Waals surface area contributed by atoms with Crippen LogP contribution in [-0.4, -0.2) is 10.1 Å². The molecular weight excluding hydrogens is 146 g/mol. The van der Waals surface area contributed by atoms with E-state index in [-0.39, 0.29) is 0 Å². The number of nitrogens with one attached hydrogen (secondary N) is 1. The minimum atomic E-state index is 0.742. The van der Waals surface area contributed by atoms with Crippen LogP contribution < -0.4 is 4.72 Å². The molecule has 42 valence electrons. The third-order valence-electron chi connectivity index (χ3n) is 0.367. The normalized spacial score (nSPS) is 8.29. The molecule has 0 amide bonds. The lowest BCUT2D eigenvalue weighted by atomic mass is 11.0. The van der Waals surface area contributed by atoms with Crippen molar-refractivity contribution < 1.29 is 0 Å². The van der Waals surface area contributed by atoms with E-state index >= 15 is 0 Å². The molecule has 7 heavy (non-hydrogen) atoms. The van der Waals surface area contributed by atoms with Crippen molar-refractivity contribution in [1.82, 2.24) is 4.72 Å². The van der Waals surface area contributed by atoms with Gasteiger partial charge in [0.25, 0.3) is 0 Å². The van der Waals surface area contributed by atoms with E-state index in [1.807, 2.05) is 6.92 Å². The van der Waals surface area contributed by atoms with E-state index in [9.17, 15) is 0 Å². The van der Waals surface area contributed by atoms with Gasteiger partial charge < -0.3 is 4.72 Å². The molecule has 0 aromatic heterocycles. The van der Waals surface area contributed by atoms with Gasteiger partial charge in [-0.05, 0) is 5.75 Å². The van der Waals surface area contributed by atoms with Gasteiger partial charge in [-0.1, -0.05) is 43.7 Å². The zero-order chi connectivity index (χ0) is 5.70. The summed E-state index contributed by atoms with van der Waals surface area (Å²) in [7, 11) is 0. The van der Waals surface area contributed by atoms with Crippen LogP contribution >= 0.6 is 36.8 Å². The average molecular weight is 153 g/mol. The van der Waals surface area contributed by atoms with Crippen LogP contribution in [0.25, 0.3) is 0 Å². The van der Waals surface area contributed by atoms with Crippen molar-refractivity contribution in [3.8, 4) is 0 Å².